The number of carbonyl (C=O) groups is 2. The van der Waals surface area contributed by atoms with E-state index in [2.05, 4.69) is 10.3 Å². The Morgan fingerprint density at radius 1 is 1.15 bits per heavy atom. The number of pyridine rings is 1. The molecule has 0 saturated carbocycles. The van der Waals surface area contributed by atoms with Crippen LogP contribution in [0.15, 0.2) is 48.7 Å². The van der Waals surface area contributed by atoms with E-state index in [1.54, 1.807) is 18.2 Å². The van der Waals surface area contributed by atoms with Gasteiger partial charge in [0.15, 0.2) is 0 Å². The molecule has 1 heterocycles. The summed E-state index contributed by atoms with van der Waals surface area (Å²) < 4.78 is 5.21. The summed E-state index contributed by atoms with van der Waals surface area (Å²) in [7, 11) is 1.63. The van der Waals surface area contributed by atoms with Gasteiger partial charge in [-0.25, -0.2) is 0 Å². The molecule has 0 unspecified atom stereocenters. The van der Waals surface area contributed by atoms with Crippen molar-refractivity contribution in [1.29, 1.82) is 0 Å². The number of hydrogen-bond acceptors (Lipinski definition) is 4. The quantitative estimate of drug-likeness (QED) is 0.748. The lowest BCUT2D eigenvalue weighted by Gasteiger charge is -2.21. The van der Waals surface area contributed by atoms with E-state index in [0.29, 0.717) is 26.1 Å². The highest BCUT2D eigenvalue weighted by molar-refractivity contribution is 5.78. The van der Waals surface area contributed by atoms with Gasteiger partial charge in [-0.05, 0) is 36.2 Å². The number of amides is 2. The minimum Gasteiger partial charge on any atom is -0.497 e. The van der Waals surface area contributed by atoms with Crippen LogP contribution in [0.4, 0.5) is 0 Å². The number of hydrogen-bond donors (Lipinski definition) is 1. The number of nitrogens with zero attached hydrogens (tertiary/aromatic N) is 2. The van der Waals surface area contributed by atoms with Crippen LogP contribution < -0.4 is 10.1 Å². The normalized spacial score (nSPS) is 10.2. The lowest BCUT2D eigenvalue weighted by Crippen LogP contribution is -2.35. The monoisotopic (exact) mass is 355 g/mol. The van der Waals surface area contributed by atoms with Gasteiger partial charge >= 0.3 is 0 Å². The smallest absolute Gasteiger partial charge is 0.222 e. The summed E-state index contributed by atoms with van der Waals surface area (Å²) in [4.78, 5) is 29.7. The second-order valence-corrected chi connectivity index (χ2v) is 5.96. The van der Waals surface area contributed by atoms with Crippen molar-refractivity contribution in [1.82, 2.24) is 15.2 Å². The number of benzene rings is 1. The average molecular weight is 355 g/mol. The Morgan fingerprint density at radius 2 is 2.00 bits per heavy atom. The zero-order valence-corrected chi connectivity index (χ0v) is 15.3. The van der Waals surface area contributed by atoms with Gasteiger partial charge in [0.2, 0.25) is 11.8 Å². The van der Waals surface area contributed by atoms with Crippen LogP contribution in [0.25, 0.3) is 0 Å². The fourth-order valence-electron chi connectivity index (χ4n) is 2.54. The van der Waals surface area contributed by atoms with E-state index in [1.807, 2.05) is 42.5 Å². The first-order valence-corrected chi connectivity index (χ1v) is 8.63. The van der Waals surface area contributed by atoms with E-state index in [4.69, 9.17) is 4.74 Å². The molecule has 0 bridgehead atoms. The molecule has 0 aliphatic heterocycles. The molecule has 0 atom stereocenters. The van der Waals surface area contributed by atoms with Crippen molar-refractivity contribution < 1.29 is 14.3 Å². The minimum absolute atomic E-state index is 0.0366. The lowest BCUT2D eigenvalue weighted by molar-refractivity contribution is -0.129. The summed E-state index contributed by atoms with van der Waals surface area (Å²) in [6.45, 7) is 2.88. The van der Waals surface area contributed by atoms with Crippen molar-refractivity contribution >= 4 is 11.8 Å². The predicted molar refractivity (Wildman–Crippen MR) is 99.7 cm³/mol. The van der Waals surface area contributed by atoms with Crippen LogP contribution in [0, 0.1) is 0 Å². The Balaban J connectivity index is 1.78. The summed E-state index contributed by atoms with van der Waals surface area (Å²) in [5, 5.41) is 2.83. The first-order valence-electron chi connectivity index (χ1n) is 8.63. The van der Waals surface area contributed by atoms with Gasteiger partial charge in [0.1, 0.15) is 5.75 Å². The van der Waals surface area contributed by atoms with Crippen molar-refractivity contribution in [2.75, 3.05) is 20.2 Å². The third kappa shape index (κ3) is 6.55. The summed E-state index contributed by atoms with van der Waals surface area (Å²) >= 11 is 0. The maximum atomic E-state index is 12.0. The van der Waals surface area contributed by atoms with Gasteiger partial charge in [-0.1, -0.05) is 18.2 Å². The molecule has 2 amide bonds. The Bertz CT molecular complexity index is 719. The number of nitrogens with one attached hydrogen (secondary N) is 1. The summed E-state index contributed by atoms with van der Waals surface area (Å²) in [6, 6.07) is 13.3. The maximum Gasteiger partial charge on any atom is 0.222 e. The van der Waals surface area contributed by atoms with Crippen LogP contribution >= 0.6 is 0 Å². The minimum atomic E-state index is -0.0942. The molecule has 0 fully saturated rings. The van der Waals surface area contributed by atoms with Crippen LogP contribution in [-0.2, 0) is 22.6 Å². The van der Waals surface area contributed by atoms with Crippen LogP contribution in [-0.4, -0.2) is 41.9 Å². The highest BCUT2D eigenvalue weighted by Crippen LogP contribution is 2.13. The van der Waals surface area contributed by atoms with Crippen LogP contribution in [0.5, 0.6) is 5.75 Å². The number of rotatable bonds is 9. The highest BCUT2D eigenvalue weighted by atomic mass is 16.5. The van der Waals surface area contributed by atoms with Gasteiger partial charge in [-0.2, -0.15) is 0 Å². The third-order valence-electron chi connectivity index (χ3n) is 4.05. The first-order chi connectivity index (χ1) is 12.6. The van der Waals surface area contributed by atoms with E-state index in [-0.39, 0.29) is 18.2 Å². The standard InChI is InChI=1S/C20H25N3O3/c1-16(24)23(12-9-17-6-5-8-19(14-17)26-2)13-10-20(25)22-15-18-7-3-4-11-21-18/h3-8,11,14H,9-10,12-13,15H2,1-2H3,(H,22,25). The second kappa shape index (κ2) is 10.2. The second-order valence-electron chi connectivity index (χ2n) is 5.96. The van der Waals surface area contributed by atoms with Crippen molar-refractivity contribution in [2.24, 2.45) is 0 Å². The number of methoxy groups -OCH3 is 1. The van der Waals surface area contributed by atoms with Crippen LogP contribution in [0.2, 0.25) is 0 Å². The average Bonchev–Trinajstić information content (AvgIpc) is 2.67. The van der Waals surface area contributed by atoms with Gasteiger partial charge < -0.3 is 15.0 Å². The molecule has 0 aliphatic carbocycles. The van der Waals surface area contributed by atoms with Crippen molar-refractivity contribution in [3.63, 3.8) is 0 Å². The molecule has 6 heteroatoms. The van der Waals surface area contributed by atoms with Crippen LogP contribution in [0.1, 0.15) is 24.6 Å². The summed E-state index contributed by atoms with van der Waals surface area (Å²) in [5.41, 5.74) is 1.90. The molecule has 1 N–H and O–H groups in total. The molecule has 0 radical (unpaired) electrons. The molecule has 2 rings (SSSR count). The summed E-state index contributed by atoms with van der Waals surface area (Å²) in [5.74, 6) is 0.666. The van der Waals surface area contributed by atoms with Crippen molar-refractivity contribution in [2.45, 2.75) is 26.3 Å². The molecule has 2 aromatic rings. The van der Waals surface area contributed by atoms with Gasteiger partial charge in [0.25, 0.3) is 0 Å². The van der Waals surface area contributed by atoms with Gasteiger partial charge in [-0.3, -0.25) is 14.6 Å². The van der Waals surface area contributed by atoms with Gasteiger partial charge in [0, 0.05) is 32.6 Å². The summed E-state index contributed by atoms with van der Waals surface area (Å²) in [6.07, 6.45) is 2.68. The Labute approximate surface area is 154 Å². The molecule has 6 nitrogen and oxygen atoms in total. The Kier molecular flexibility index (Phi) is 7.61. The zero-order valence-electron chi connectivity index (χ0n) is 15.3. The van der Waals surface area contributed by atoms with Gasteiger partial charge in [-0.15, -0.1) is 0 Å². The van der Waals surface area contributed by atoms with E-state index < -0.39 is 0 Å². The van der Waals surface area contributed by atoms with Crippen molar-refractivity contribution in [3.8, 4) is 5.75 Å². The molecular weight excluding hydrogens is 330 g/mol. The fourth-order valence-corrected chi connectivity index (χ4v) is 2.54. The SMILES string of the molecule is COc1cccc(CCN(CCC(=O)NCc2ccccn2)C(C)=O)c1. The molecule has 1 aromatic carbocycles. The largest absolute Gasteiger partial charge is 0.497 e. The van der Waals surface area contributed by atoms with E-state index in [1.165, 1.54) is 6.92 Å². The van der Waals surface area contributed by atoms with Gasteiger partial charge in [0.05, 0.1) is 19.3 Å². The molecule has 138 valence electrons. The number of aromatic nitrogens is 1. The Hall–Kier alpha value is -2.89. The van der Waals surface area contributed by atoms with E-state index in [9.17, 15) is 9.59 Å². The predicted octanol–water partition coefficient (Wildman–Crippen LogP) is 2.19. The number of ether oxygens (including phenoxy) is 1. The molecular formula is C20H25N3O3. The molecule has 26 heavy (non-hydrogen) atoms. The third-order valence-corrected chi connectivity index (χ3v) is 4.05. The van der Waals surface area contributed by atoms with Crippen LogP contribution in [0.3, 0.4) is 0 Å². The first kappa shape index (κ1) is 19.4. The Morgan fingerprint density at radius 3 is 2.69 bits per heavy atom. The fraction of sp³-hybridized carbons (Fsp3) is 0.350. The highest BCUT2D eigenvalue weighted by Gasteiger charge is 2.11. The van der Waals surface area contributed by atoms with E-state index >= 15 is 0 Å². The maximum absolute atomic E-state index is 12.0. The molecule has 0 aliphatic rings. The van der Waals surface area contributed by atoms with Crippen molar-refractivity contribution in [3.05, 3.63) is 59.9 Å². The van der Waals surface area contributed by atoms with E-state index in [0.717, 1.165) is 17.0 Å². The molecule has 0 spiro atoms. The lowest BCUT2D eigenvalue weighted by atomic mass is 10.1. The number of carbonyl (C=O) groups excluding carboxylic acids is 2. The molecule has 1 aromatic heterocycles. The molecule has 0 saturated heterocycles. The topological polar surface area (TPSA) is 71.5 Å². The zero-order chi connectivity index (χ0) is 18.8.